The van der Waals surface area contributed by atoms with Crippen LogP contribution in [0, 0.1) is 5.41 Å². The van der Waals surface area contributed by atoms with E-state index in [0.717, 1.165) is 53.9 Å². The van der Waals surface area contributed by atoms with Gasteiger partial charge < -0.3 is 26.4 Å². The lowest BCUT2D eigenvalue weighted by molar-refractivity contribution is 0.0973. The van der Waals surface area contributed by atoms with Gasteiger partial charge in [-0.1, -0.05) is 23.4 Å². The number of anilines is 3. The van der Waals surface area contributed by atoms with E-state index in [2.05, 4.69) is 27.1 Å². The van der Waals surface area contributed by atoms with Crippen LogP contribution in [0.25, 0.3) is 5.65 Å². The van der Waals surface area contributed by atoms with Gasteiger partial charge >= 0.3 is 0 Å². The number of ether oxygens (including phenoxy) is 1. The predicted molar refractivity (Wildman–Crippen MR) is 128 cm³/mol. The van der Waals surface area contributed by atoms with Gasteiger partial charge in [0, 0.05) is 55.1 Å². The smallest absolute Gasteiger partial charge is 0.213 e. The minimum Gasteiger partial charge on any atom is -0.383 e. The zero-order valence-corrected chi connectivity index (χ0v) is 19.7. The minimum absolute atomic E-state index is 0.0500. The Bertz CT molecular complexity index is 1150. The molecule has 3 aromatic rings. The monoisotopic (exact) mass is 474 g/mol. The van der Waals surface area contributed by atoms with Crippen LogP contribution in [0.5, 0.6) is 0 Å². The summed E-state index contributed by atoms with van der Waals surface area (Å²) in [6.07, 6.45) is 7.44. The molecule has 3 aromatic heterocycles. The zero-order valence-electron chi connectivity index (χ0n) is 18.1. The number of halogens is 1. The van der Waals surface area contributed by atoms with E-state index in [4.69, 9.17) is 32.8 Å². The first-order chi connectivity index (χ1) is 15.4. The summed E-state index contributed by atoms with van der Waals surface area (Å²) < 4.78 is 7.86. The Labute approximate surface area is 195 Å². The predicted octanol–water partition coefficient (Wildman–Crippen LogP) is 2.89. The summed E-state index contributed by atoms with van der Waals surface area (Å²) >= 11 is 7.95. The molecule has 0 unspecified atom stereocenters. The Morgan fingerprint density at radius 2 is 2.06 bits per heavy atom. The van der Waals surface area contributed by atoms with E-state index in [0.29, 0.717) is 16.7 Å². The van der Waals surface area contributed by atoms with Crippen LogP contribution in [-0.2, 0) is 4.74 Å². The van der Waals surface area contributed by atoms with E-state index >= 15 is 0 Å². The number of piperidine rings is 1. The Morgan fingerprint density at radius 3 is 2.75 bits per heavy atom. The van der Waals surface area contributed by atoms with Crippen LogP contribution in [0.1, 0.15) is 19.8 Å². The maximum Gasteiger partial charge on any atom is 0.213 e. The van der Waals surface area contributed by atoms with Gasteiger partial charge in [0.2, 0.25) is 5.95 Å². The van der Waals surface area contributed by atoms with Crippen molar-refractivity contribution in [2.45, 2.75) is 41.7 Å². The summed E-state index contributed by atoms with van der Waals surface area (Å²) in [5.41, 5.74) is 13.7. The largest absolute Gasteiger partial charge is 0.383 e. The lowest BCUT2D eigenvalue weighted by Gasteiger charge is -2.41. The van der Waals surface area contributed by atoms with Crippen LogP contribution >= 0.6 is 23.4 Å². The van der Waals surface area contributed by atoms with Crippen LogP contribution in [0.15, 0.2) is 34.4 Å². The number of imidazole rings is 1. The second-order valence-corrected chi connectivity index (χ2v) is 9.89. The van der Waals surface area contributed by atoms with Gasteiger partial charge in [-0.25, -0.2) is 9.97 Å². The molecule has 32 heavy (non-hydrogen) atoms. The van der Waals surface area contributed by atoms with Crippen LogP contribution in [0.4, 0.5) is 17.6 Å². The SMILES string of the molecule is CNc1nccc(Sc2c(N)nc(N3CCC4(CC3)CO[C@@H](C)[C@H]4N)n3ccnc23)c1Cl. The van der Waals surface area contributed by atoms with Crippen molar-refractivity contribution >= 4 is 46.6 Å². The molecule has 0 aliphatic carbocycles. The first-order valence-corrected chi connectivity index (χ1v) is 11.9. The summed E-state index contributed by atoms with van der Waals surface area (Å²) in [7, 11) is 1.79. The average molecular weight is 475 g/mol. The highest BCUT2D eigenvalue weighted by Crippen LogP contribution is 2.43. The summed E-state index contributed by atoms with van der Waals surface area (Å²) in [5, 5.41) is 3.54. The molecule has 2 fully saturated rings. The quantitative estimate of drug-likeness (QED) is 0.524. The molecule has 11 heteroatoms. The standard InChI is InChI=1S/C21H27ClN8OS/c1-12-16(23)21(11-31-12)4-8-29(9-5-21)20-28-17(24)15(19-27-7-10-30(19)20)32-13-3-6-26-18(25-2)14(13)22/h3,6-7,10,12,16H,4-5,8-9,11,23-24H2,1-2H3,(H,25,26)/t12-,16+/m0/s1. The molecular weight excluding hydrogens is 448 g/mol. The number of pyridine rings is 1. The van der Waals surface area contributed by atoms with E-state index in [1.165, 1.54) is 11.8 Å². The highest BCUT2D eigenvalue weighted by Gasteiger charge is 2.47. The molecule has 0 radical (unpaired) electrons. The van der Waals surface area contributed by atoms with Gasteiger partial charge in [0.1, 0.15) is 11.6 Å². The van der Waals surface area contributed by atoms with Gasteiger partial charge in [0.15, 0.2) is 5.65 Å². The van der Waals surface area contributed by atoms with Crippen LogP contribution in [0.2, 0.25) is 5.02 Å². The van der Waals surface area contributed by atoms with E-state index in [9.17, 15) is 0 Å². The molecule has 0 saturated carbocycles. The Kier molecular flexibility index (Phi) is 5.56. The molecule has 0 amide bonds. The van der Waals surface area contributed by atoms with Crippen molar-refractivity contribution < 1.29 is 4.74 Å². The lowest BCUT2D eigenvalue weighted by atomic mass is 9.73. The number of nitrogens with zero attached hydrogens (tertiary/aromatic N) is 5. The first kappa shape index (κ1) is 21.6. The number of nitrogens with two attached hydrogens (primary N) is 2. The van der Waals surface area contributed by atoms with Crippen molar-refractivity contribution in [3.63, 3.8) is 0 Å². The number of aromatic nitrogens is 4. The molecule has 0 aromatic carbocycles. The Morgan fingerprint density at radius 1 is 1.28 bits per heavy atom. The third-order valence-corrected chi connectivity index (χ3v) is 8.35. The molecule has 2 saturated heterocycles. The van der Waals surface area contributed by atoms with Crippen molar-refractivity contribution in [1.29, 1.82) is 0 Å². The lowest BCUT2D eigenvalue weighted by Crippen LogP contribution is -2.51. The van der Waals surface area contributed by atoms with Gasteiger partial charge in [-0.3, -0.25) is 4.40 Å². The molecule has 170 valence electrons. The second kappa shape index (κ2) is 8.26. The molecule has 5 N–H and O–H groups in total. The number of hydrogen-bond donors (Lipinski definition) is 3. The fraction of sp³-hybridized carbons (Fsp3) is 0.476. The van der Waals surface area contributed by atoms with Gasteiger partial charge in [0.05, 0.1) is 22.6 Å². The van der Waals surface area contributed by atoms with Crippen molar-refractivity contribution in [3.05, 3.63) is 29.7 Å². The van der Waals surface area contributed by atoms with Gasteiger partial charge in [-0.2, -0.15) is 4.98 Å². The highest BCUT2D eigenvalue weighted by atomic mass is 35.5. The van der Waals surface area contributed by atoms with Crippen LogP contribution in [0.3, 0.4) is 0 Å². The first-order valence-electron chi connectivity index (χ1n) is 10.7. The average Bonchev–Trinajstić information content (AvgIpc) is 3.39. The number of fused-ring (bicyclic) bond motifs is 1. The summed E-state index contributed by atoms with van der Waals surface area (Å²) in [5.74, 6) is 1.84. The Balaban J connectivity index is 1.45. The maximum absolute atomic E-state index is 6.51. The third kappa shape index (κ3) is 3.45. The van der Waals surface area contributed by atoms with E-state index in [1.807, 2.05) is 16.7 Å². The number of nitrogens with one attached hydrogen (secondary N) is 1. The third-order valence-electron chi connectivity index (χ3n) is 6.70. The molecule has 9 nitrogen and oxygen atoms in total. The topological polar surface area (TPSA) is 120 Å². The van der Waals surface area contributed by atoms with Crippen LogP contribution in [-0.4, -0.2) is 58.2 Å². The van der Waals surface area contributed by atoms with Gasteiger partial charge in [0.25, 0.3) is 0 Å². The second-order valence-electron chi connectivity index (χ2n) is 8.46. The normalized spacial score (nSPS) is 22.7. The van der Waals surface area contributed by atoms with E-state index in [1.54, 1.807) is 19.4 Å². The van der Waals surface area contributed by atoms with E-state index < -0.39 is 0 Å². The summed E-state index contributed by atoms with van der Waals surface area (Å²) in [6, 6.07) is 1.93. The summed E-state index contributed by atoms with van der Waals surface area (Å²) in [4.78, 5) is 17.5. The van der Waals surface area contributed by atoms with Crippen LogP contribution < -0.4 is 21.7 Å². The number of nitrogen functional groups attached to an aromatic ring is 1. The summed E-state index contributed by atoms with van der Waals surface area (Å²) in [6.45, 7) is 4.49. The number of rotatable bonds is 4. The molecule has 2 aliphatic heterocycles. The van der Waals surface area contributed by atoms with Crippen molar-refractivity contribution in [2.24, 2.45) is 11.1 Å². The highest BCUT2D eigenvalue weighted by molar-refractivity contribution is 7.99. The molecular formula is C21H27ClN8OS. The van der Waals surface area contributed by atoms with Gasteiger partial charge in [-0.15, -0.1) is 0 Å². The molecule has 2 aliphatic rings. The number of hydrogen-bond acceptors (Lipinski definition) is 9. The van der Waals surface area contributed by atoms with E-state index in [-0.39, 0.29) is 17.6 Å². The molecule has 1 spiro atoms. The minimum atomic E-state index is 0.0500. The Hall–Kier alpha value is -2.27. The van der Waals surface area contributed by atoms with Crippen molar-refractivity contribution in [3.8, 4) is 0 Å². The molecule has 2 atom stereocenters. The molecule has 5 heterocycles. The molecule has 0 bridgehead atoms. The molecule has 5 rings (SSSR count). The fourth-order valence-corrected chi connectivity index (χ4v) is 5.94. The van der Waals surface area contributed by atoms with Crippen molar-refractivity contribution in [2.75, 3.05) is 42.7 Å². The van der Waals surface area contributed by atoms with Crippen molar-refractivity contribution in [1.82, 2.24) is 19.4 Å². The maximum atomic E-state index is 6.51. The fourth-order valence-electron chi connectivity index (χ4n) is 4.69. The zero-order chi connectivity index (χ0) is 22.5. The van der Waals surface area contributed by atoms with Gasteiger partial charge in [-0.05, 0) is 25.8 Å².